The van der Waals surface area contributed by atoms with Crippen molar-refractivity contribution in [1.82, 2.24) is 4.90 Å². The lowest BCUT2D eigenvalue weighted by molar-refractivity contribution is -0.142. The first-order valence-corrected chi connectivity index (χ1v) is 4.79. The van der Waals surface area contributed by atoms with E-state index in [-0.39, 0.29) is 6.17 Å². The van der Waals surface area contributed by atoms with Gasteiger partial charge in [-0.25, -0.2) is 0 Å². The molecule has 2 saturated heterocycles. The zero-order valence-corrected chi connectivity index (χ0v) is 7.75. The largest absolute Gasteiger partial charge is 0.380 e. The number of nitrogens with two attached hydrogens (primary N) is 1. The highest BCUT2D eigenvalue weighted by atomic mass is 16.5. The van der Waals surface area contributed by atoms with E-state index in [2.05, 4.69) is 11.8 Å². The Balaban J connectivity index is 1.84. The molecule has 0 bridgehead atoms. The summed E-state index contributed by atoms with van der Waals surface area (Å²) in [4.78, 5) is 2.35. The maximum Gasteiger partial charge on any atom is 0.0545 e. The molecule has 0 aromatic heterocycles. The Bertz CT molecular complexity index is 156. The van der Waals surface area contributed by atoms with Crippen LogP contribution < -0.4 is 5.73 Å². The monoisotopic (exact) mass is 170 g/mol. The van der Waals surface area contributed by atoms with E-state index >= 15 is 0 Å². The molecule has 3 nitrogen and oxygen atoms in total. The van der Waals surface area contributed by atoms with Gasteiger partial charge in [0.1, 0.15) is 0 Å². The Kier molecular flexibility index (Phi) is 2.10. The highest BCUT2D eigenvalue weighted by molar-refractivity contribution is 4.91. The van der Waals surface area contributed by atoms with Crippen LogP contribution in [0.3, 0.4) is 0 Å². The van der Waals surface area contributed by atoms with Gasteiger partial charge in [-0.05, 0) is 19.8 Å². The molecule has 70 valence electrons. The van der Waals surface area contributed by atoms with Gasteiger partial charge in [-0.15, -0.1) is 0 Å². The third-order valence-corrected chi connectivity index (χ3v) is 3.25. The fourth-order valence-corrected chi connectivity index (χ4v) is 2.09. The molecule has 0 amide bonds. The summed E-state index contributed by atoms with van der Waals surface area (Å²) < 4.78 is 5.26. The van der Waals surface area contributed by atoms with Crippen molar-refractivity contribution in [2.75, 3.05) is 26.3 Å². The molecule has 0 saturated carbocycles. The minimum atomic E-state index is 0.225. The van der Waals surface area contributed by atoms with Gasteiger partial charge in [0.2, 0.25) is 0 Å². The van der Waals surface area contributed by atoms with Gasteiger partial charge in [0.25, 0.3) is 0 Å². The topological polar surface area (TPSA) is 38.5 Å². The summed E-state index contributed by atoms with van der Waals surface area (Å²) in [6.07, 6.45) is 2.77. The third kappa shape index (κ3) is 1.37. The SMILES string of the molecule is CC(N)N1CCC2(CC1)COC2. The summed E-state index contributed by atoms with van der Waals surface area (Å²) in [7, 11) is 0. The van der Waals surface area contributed by atoms with Crippen LogP contribution in [0.25, 0.3) is 0 Å². The van der Waals surface area contributed by atoms with Crippen molar-refractivity contribution in [3.05, 3.63) is 0 Å². The number of likely N-dealkylation sites (tertiary alicyclic amines) is 1. The van der Waals surface area contributed by atoms with E-state index in [1.807, 2.05) is 0 Å². The summed E-state index contributed by atoms with van der Waals surface area (Å²) in [6.45, 7) is 6.34. The fourth-order valence-electron chi connectivity index (χ4n) is 2.09. The van der Waals surface area contributed by atoms with Gasteiger partial charge in [0.15, 0.2) is 0 Å². The maximum absolute atomic E-state index is 5.81. The molecule has 0 radical (unpaired) electrons. The second kappa shape index (κ2) is 2.98. The van der Waals surface area contributed by atoms with E-state index < -0.39 is 0 Å². The van der Waals surface area contributed by atoms with E-state index in [4.69, 9.17) is 10.5 Å². The van der Waals surface area contributed by atoms with Gasteiger partial charge < -0.3 is 10.5 Å². The quantitative estimate of drug-likeness (QED) is 0.619. The Morgan fingerprint density at radius 3 is 2.25 bits per heavy atom. The summed E-state index contributed by atoms with van der Waals surface area (Å²) in [6, 6.07) is 0. The number of hydrogen-bond donors (Lipinski definition) is 1. The van der Waals surface area contributed by atoms with Crippen LogP contribution in [0.5, 0.6) is 0 Å². The predicted molar refractivity (Wildman–Crippen MR) is 47.7 cm³/mol. The zero-order valence-electron chi connectivity index (χ0n) is 7.75. The van der Waals surface area contributed by atoms with Crippen molar-refractivity contribution in [2.45, 2.75) is 25.9 Å². The van der Waals surface area contributed by atoms with Crippen LogP contribution in [-0.4, -0.2) is 37.4 Å². The van der Waals surface area contributed by atoms with Crippen molar-refractivity contribution in [3.63, 3.8) is 0 Å². The van der Waals surface area contributed by atoms with E-state index in [1.54, 1.807) is 0 Å². The average Bonchev–Trinajstić information content (AvgIpc) is 2.02. The molecule has 2 aliphatic rings. The normalized spacial score (nSPS) is 31.5. The Morgan fingerprint density at radius 2 is 1.92 bits per heavy atom. The smallest absolute Gasteiger partial charge is 0.0545 e. The molecule has 2 rings (SSSR count). The summed E-state index contributed by atoms with van der Waals surface area (Å²) in [5, 5.41) is 0. The first-order valence-electron chi connectivity index (χ1n) is 4.79. The number of piperidine rings is 1. The zero-order chi connectivity index (χ0) is 8.60. The molecule has 0 aliphatic carbocycles. The minimum absolute atomic E-state index is 0.225. The van der Waals surface area contributed by atoms with Crippen LogP contribution in [0.2, 0.25) is 0 Å². The van der Waals surface area contributed by atoms with Crippen molar-refractivity contribution in [2.24, 2.45) is 11.1 Å². The van der Waals surface area contributed by atoms with Crippen LogP contribution in [-0.2, 0) is 4.74 Å². The van der Waals surface area contributed by atoms with Gasteiger partial charge in [-0.1, -0.05) is 0 Å². The molecule has 1 atom stereocenters. The third-order valence-electron chi connectivity index (χ3n) is 3.25. The number of ether oxygens (including phenoxy) is 1. The predicted octanol–water partition coefficient (Wildman–Crippen LogP) is 0.403. The fraction of sp³-hybridized carbons (Fsp3) is 1.00. The molecule has 12 heavy (non-hydrogen) atoms. The van der Waals surface area contributed by atoms with Gasteiger partial charge in [-0.2, -0.15) is 0 Å². The van der Waals surface area contributed by atoms with Gasteiger partial charge in [0.05, 0.1) is 19.4 Å². The summed E-state index contributed by atoms with van der Waals surface area (Å²) in [5.74, 6) is 0. The molecule has 1 spiro atoms. The van der Waals surface area contributed by atoms with E-state index in [0.717, 1.165) is 26.3 Å². The van der Waals surface area contributed by atoms with Gasteiger partial charge in [-0.3, -0.25) is 4.90 Å². The second-order valence-electron chi connectivity index (χ2n) is 4.27. The summed E-state index contributed by atoms with van der Waals surface area (Å²) >= 11 is 0. The lowest BCUT2D eigenvalue weighted by Gasteiger charge is -2.48. The van der Waals surface area contributed by atoms with Crippen molar-refractivity contribution in [1.29, 1.82) is 0 Å². The number of rotatable bonds is 1. The van der Waals surface area contributed by atoms with Crippen molar-refractivity contribution >= 4 is 0 Å². The Morgan fingerprint density at radius 1 is 1.33 bits per heavy atom. The first-order chi connectivity index (χ1) is 5.72. The first kappa shape index (κ1) is 8.48. The molecule has 3 heteroatoms. The molecule has 2 fully saturated rings. The molecular formula is C9H18N2O. The number of nitrogens with zero attached hydrogens (tertiary/aromatic N) is 1. The lowest BCUT2D eigenvalue weighted by atomic mass is 9.77. The molecule has 0 aromatic carbocycles. The highest BCUT2D eigenvalue weighted by Gasteiger charge is 2.41. The standard InChI is InChI=1S/C9H18N2O/c1-8(10)11-4-2-9(3-5-11)6-12-7-9/h8H,2-7,10H2,1H3. The van der Waals surface area contributed by atoms with Gasteiger partial charge in [0, 0.05) is 18.5 Å². The van der Waals surface area contributed by atoms with Crippen LogP contribution in [0, 0.1) is 5.41 Å². The molecule has 2 aliphatic heterocycles. The number of hydrogen-bond acceptors (Lipinski definition) is 3. The van der Waals surface area contributed by atoms with Crippen molar-refractivity contribution < 1.29 is 4.74 Å². The molecular weight excluding hydrogens is 152 g/mol. The maximum atomic E-state index is 5.81. The molecule has 2 heterocycles. The van der Waals surface area contributed by atoms with E-state index in [0.29, 0.717) is 5.41 Å². The summed E-state index contributed by atoms with van der Waals surface area (Å²) in [5.41, 5.74) is 6.36. The van der Waals surface area contributed by atoms with Crippen LogP contribution in [0.1, 0.15) is 19.8 Å². The minimum Gasteiger partial charge on any atom is -0.380 e. The molecule has 0 aromatic rings. The van der Waals surface area contributed by atoms with Crippen molar-refractivity contribution in [3.8, 4) is 0 Å². The van der Waals surface area contributed by atoms with Crippen LogP contribution in [0.4, 0.5) is 0 Å². The van der Waals surface area contributed by atoms with Crippen LogP contribution >= 0.6 is 0 Å². The highest BCUT2D eigenvalue weighted by Crippen LogP contribution is 2.38. The van der Waals surface area contributed by atoms with Gasteiger partial charge >= 0.3 is 0 Å². The van der Waals surface area contributed by atoms with Crippen LogP contribution in [0.15, 0.2) is 0 Å². The molecule has 1 unspecified atom stereocenters. The Labute approximate surface area is 73.9 Å². The Hall–Kier alpha value is -0.120. The van der Waals surface area contributed by atoms with E-state index in [1.165, 1.54) is 12.8 Å². The second-order valence-corrected chi connectivity index (χ2v) is 4.27. The lowest BCUT2D eigenvalue weighted by Crippen LogP contribution is -2.54. The average molecular weight is 170 g/mol. The van der Waals surface area contributed by atoms with E-state index in [9.17, 15) is 0 Å². The molecule has 2 N–H and O–H groups in total.